The van der Waals surface area contributed by atoms with Crippen LogP contribution < -0.4 is 15.1 Å². The van der Waals surface area contributed by atoms with Gasteiger partial charge in [-0.3, -0.25) is 4.79 Å². The van der Waals surface area contributed by atoms with Gasteiger partial charge in [0.25, 0.3) is 5.91 Å². The van der Waals surface area contributed by atoms with Crippen molar-refractivity contribution in [2.45, 2.75) is 6.61 Å². The average Bonchev–Trinajstić information content (AvgIpc) is 2.74. The van der Waals surface area contributed by atoms with Gasteiger partial charge < -0.3 is 9.64 Å². The number of rotatable bonds is 7. The second kappa shape index (κ2) is 9.75. The van der Waals surface area contributed by atoms with Crippen LogP contribution in [0.4, 0.5) is 5.69 Å². The van der Waals surface area contributed by atoms with Crippen LogP contribution in [0, 0.1) is 0 Å². The van der Waals surface area contributed by atoms with Crippen molar-refractivity contribution in [1.29, 1.82) is 0 Å². The maximum absolute atomic E-state index is 12.5. The van der Waals surface area contributed by atoms with Crippen LogP contribution in [-0.2, 0) is 6.61 Å². The SMILES string of the molecule is CN(C)c1ccc(/C=N/NC(=O)c2ccccc2OCc2ccc(Cl)cc2)cc1. The first-order valence-corrected chi connectivity index (χ1v) is 9.48. The number of hydrogen-bond acceptors (Lipinski definition) is 4. The van der Waals surface area contributed by atoms with Gasteiger partial charge in [-0.25, -0.2) is 5.43 Å². The van der Waals surface area contributed by atoms with Gasteiger partial charge in [0.05, 0.1) is 11.8 Å². The zero-order valence-electron chi connectivity index (χ0n) is 16.3. The standard InChI is InChI=1S/C23H22ClN3O2/c1-27(2)20-13-9-17(10-14-20)15-25-26-23(28)21-5-3-4-6-22(21)29-16-18-7-11-19(24)12-8-18/h3-15H,16H2,1-2H3,(H,26,28)/b25-15+. The Morgan fingerprint density at radius 2 is 1.72 bits per heavy atom. The first-order chi connectivity index (χ1) is 14.0. The lowest BCUT2D eigenvalue weighted by molar-refractivity contribution is 0.0950. The third-order valence-corrected chi connectivity index (χ3v) is 4.48. The number of amides is 1. The lowest BCUT2D eigenvalue weighted by atomic mass is 10.2. The summed E-state index contributed by atoms with van der Waals surface area (Å²) in [6.45, 7) is 0.336. The second-order valence-electron chi connectivity index (χ2n) is 6.60. The molecule has 0 atom stereocenters. The zero-order chi connectivity index (χ0) is 20.6. The Morgan fingerprint density at radius 3 is 2.41 bits per heavy atom. The number of anilines is 1. The molecule has 1 N–H and O–H groups in total. The van der Waals surface area contributed by atoms with Gasteiger partial charge in [-0.15, -0.1) is 0 Å². The van der Waals surface area contributed by atoms with E-state index in [-0.39, 0.29) is 5.91 Å². The molecule has 29 heavy (non-hydrogen) atoms. The number of carbonyl (C=O) groups is 1. The van der Waals surface area contributed by atoms with Gasteiger partial charge in [0.15, 0.2) is 0 Å². The van der Waals surface area contributed by atoms with Crippen molar-refractivity contribution in [2.24, 2.45) is 5.10 Å². The summed E-state index contributed by atoms with van der Waals surface area (Å²) in [5.74, 6) is 0.156. The van der Waals surface area contributed by atoms with E-state index in [2.05, 4.69) is 10.5 Å². The summed E-state index contributed by atoms with van der Waals surface area (Å²) < 4.78 is 5.82. The smallest absolute Gasteiger partial charge is 0.275 e. The number of benzene rings is 3. The molecule has 0 saturated carbocycles. The lowest BCUT2D eigenvalue weighted by Crippen LogP contribution is -2.18. The number of hydrogen-bond donors (Lipinski definition) is 1. The van der Waals surface area contributed by atoms with E-state index in [0.717, 1.165) is 16.8 Å². The van der Waals surface area contributed by atoms with Crippen LogP contribution in [-0.4, -0.2) is 26.2 Å². The molecule has 0 aliphatic heterocycles. The molecule has 0 saturated heterocycles. The molecule has 0 radical (unpaired) electrons. The molecule has 0 bridgehead atoms. The van der Waals surface area contributed by atoms with Crippen LogP contribution >= 0.6 is 11.6 Å². The Kier molecular flexibility index (Phi) is 6.87. The van der Waals surface area contributed by atoms with Gasteiger partial charge in [0.1, 0.15) is 12.4 Å². The number of carbonyl (C=O) groups excluding carboxylic acids is 1. The van der Waals surface area contributed by atoms with Gasteiger partial charge >= 0.3 is 0 Å². The minimum absolute atomic E-state index is 0.335. The number of hydrazone groups is 1. The number of nitrogens with zero attached hydrogens (tertiary/aromatic N) is 2. The summed E-state index contributed by atoms with van der Waals surface area (Å²) in [6, 6.07) is 22.3. The van der Waals surface area contributed by atoms with Crippen LogP contribution in [0.2, 0.25) is 5.02 Å². The molecule has 6 heteroatoms. The van der Waals surface area contributed by atoms with Crippen molar-refractivity contribution in [1.82, 2.24) is 5.43 Å². The molecule has 1 amide bonds. The average molecular weight is 408 g/mol. The summed E-state index contributed by atoms with van der Waals surface area (Å²) >= 11 is 5.90. The van der Waals surface area contributed by atoms with E-state index in [1.54, 1.807) is 36.5 Å². The lowest BCUT2D eigenvalue weighted by Gasteiger charge is -2.11. The van der Waals surface area contributed by atoms with Gasteiger partial charge in [0.2, 0.25) is 0 Å². The van der Waals surface area contributed by atoms with E-state index in [0.29, 0.717) is 22.9 Å². The summed E-state index contributed by atoms with van der Waals surface area (Å²) in [5.41, 5.74) is 5.92. The van der Waals surface area contributed by atoms with E-state index < -0.39 is 0 Å². The maximum Gasteiger partial charge on any atom is 0.275 e. The first-order valence-electron chi connectivity index (χ1n) is 9.10. The van der Waals surface area contributed by atoms with Crippen LogP contribution in [0.3, 0.4) is 0 Å². The molecule has 0 unspecified atom stereocenters. The summed E-state index contributed by atoms with van der Waals surface area (Å²) in [6.07, 6.45) is 1.61. The Balaban J connectivity index is 1.62. The van der Waals surface area contributed by atoms with Gasteiger partial charge in [-0.1, -0.05) is 48.0 Å². The van der Waals surface area contributed by atoms with Crippen LogP contribution in [0.25, 0.3) is 0 Å². The van der Waals surface area contributed by atoms with Gasteiger partial charge in [0, 0.05) is 24.8 Å². The number of halogens is 1. The normalized spacial score (nSPS) is 10.7. The fourth-order valence-electron chi connectivity index (χ4n) is 2.61. The van der Waals surface area contributed by atoms with Crippen molar-refractivity contribution < 1.29 is 9.53 Å². The fraction of sp³-hybridized carbons (Fsp3) is 0.130. The van der Waals surface area contributed by atoms with Crippen LogP contribution in [0.5, 0.6) is 5.75 Å². The highest BCUT2D eigenvalue weighted by atomic mass is 35.5. The van der Waals surface area contributed by atoms with Crippen molar-refractivity contribution in [3.8, 4) is 5.75 Å². The van der Waals surface area contributed by atoms with Gasteiger partial charge in [-0.05, 0) is 47.5 Å². The Hall–Kier alpha value is -3.31. The summed E-state index contributed by atoms with van der Waals surface area (Å²) in [7, 11) is 3.96. The second-order valence-corrected chi connectivity index (χ2v) is 7.03. The minimum atomic E-state index is -0.335. The third-order valence-electron chi connectivity index (χ3n) is 4.23. The monoisotopic (exact) mass is 407 g/mol. The molecule has 0 fully saturated rings. The zero-order valence-corrected chi connectivity index (χ0v) is 17.1. The molecule has 3 aromatic rings. The molecule has 5 nitrogen and oxygen atoms in total. The fourth-order valence-corrected chi connectivity index (χ4v) is 2.73. The summed E-state index contributed by atoms with van der Waals surface area (Å²) in [4.78, 5) is 14.5. The topological polar surface area (TPSA) is 53.9 Å². The quantitative estimate of drug-likeness (QED) is 0.454. The molecule has 3 rings (SSSR count). The predicted molar refractivity (Wildman–Crippen MR) is 118 cm³/mol. The van der Waals surface area contributed by atoms with E-state index in [4.69, 9.17) is 16.3 Å². The van der Waals surface area contributed by atoms with E-state index in [1.165, 1.54) is 0 Å². The first kappa shape index (κ1) is 20.4. The highest BCUT2D eigenvalue weighted by molar-refractivity contribution is 6.30. The third kappa shape index (κ3) is 5.83. The van der Waals surface area contributed by atoms with Crippen LogP contribution in [0.15, 0.2) is 77.9 Å². The number of para-hydroxylation sites is 1. The Morgan fingerprint density at radius 1 is 1.03 bits per heavy atom. The highest BCUT2D eigenvalue weighted by Crippen LogP contribution is 2.20. The van der Waals surface area contributed by atoms with Crippen molar-refractivity contribution in [3.63, 3.8) is 0 Å². The van der Waals surface area contributed by atoms with Crippen molar-refractivity contribution in [3.05, 3.63) is 94.5 Å². The molecular weight excluding hydrogens is 386 g/mol. The molecule has 0 spiro atoms. The molecular formula is C23H22ClN3O2. The Bertz CT molecular complexity index is 984. The highest BCUT2D eigenvalue weighted by Gasteiger charge is 2.11. The van der Waals surface area contributed by atoms with Crippen molar-refractivity contribution in [2.75, 3.05) is 19.0 Å². The molecule has 0 heterocycles. The van der Waals surface area contributed by atoms with E-state index in [9.17, 15) is 4.79 Å². The maximum atomic E-state index is 12.5. The molecule has 0 aliphatic carbocycles. The van der Waals surface area contributed by atoms with Gasteiger partial charge in [-0.2, -0.15) is 5.10 Å². The minimum Gasteiger partial charge on any atom is -0.488 e. The molecule has 0 aromatic heterocycles. The Labute approximate surface area is 175 Å². The van der Waals surface area contributed by atoms with Crippen molar-refractivity contribution >= 4 is 29.4 Å². The number of nitrogens with one attached hydrogen (secondary N) is 1. The molecule has 3 aromatic carbocycles. The largest absolute Gasteiger partial charge is 0.488 e. The summed E-state index contributed by atoms with van der Waals surface area (Å²) in [5, 5.41) is 4.72. The van der Waals surface area contributed by atoms with E-state index in [1.807, 2.05) is 61.5 Å². The van der Waals surface area contributed by atoms with E-state index >= 15 is 0 Å². The van der Waals surface area contributed by atoms with Crippen LogP contribution in [0.1, 0.15) is 21.5 Å². The number of ether oxygens (including phenoxy) is 1. The molecule has 148 valence electrons. The predicted octanol–water partition coefficient (Wildman–Crippen LogP) is 4.75. The molecule has 0 aliphatic rings.